The molecule has 1 aliphatic rings. The SMILES string of the molecule is Cc1c(C(=O)N2CCCC(C(F)(F)F)C2)cnn1-c1ccccn1. The van der Waals surface area contributed by atoms with E-state index in [1.165, 1.54) is 15.8 Å². The predicted octanol–water partition coefficient (Wildman–Crippen LogP) is 2.99. The third kappa shape index (κ3) is 3.13. The minimum atomic E-state index is -4.27. The van der Waals surface area contributed by atoms with E-state index in [9.17, 15) is 18.0 Å². The van der Waals surface area contributed by atoms with Crippen molar-refractivity contribution in [3.05, 3.63) is 41.9 Å². The first-order valence-electron chi connectivity index (χ1n) is 7.70. The second kappa shape index (κ2) is 6.26. The van der Waals surface area contributed by atoms with Gasteiger partial charge in [0.05, 0.1) is 23.4 Å². The van der Waals surface area contributed by atoms with Gasteiger partial charge in [-0.1, -0.05) is 6.07 Å². The number of carbonyl (C=O) groups excluding carboxylic acids is 1. The Bertz CT molecular complexity index is 727. The largest absolute Gasteiger partial charge is 0.393 e. The van der Waals surface area contributed by atoms with Crippen molar-refractivity contribution < 1.29 is 18.0 Å². The maximum absolute atomic E-state index is 12.9. The normalized spacial score (nSPS) is 18.7. The highest BCUT2D eigenvalue weighted by Crippen LogP contribution is 2.33. The number of piperidine rings is 1. The van der Waals surface area contributed by atoms with E-state index < -0.39 is 18.0 Å². The van der Waals surface area contributed by atoms with Crippen molar-refractivity contribution >= 4 is 5.91 Å². The van der Waals surface area contributed by atoms with Gasteiger partial charge in [-0.3, -0.25) is 4.79 Å². The Morgan fingerprint density at radius 3 is 2.79 bits per heavy atom. The molecule has 1 atom stereocenters. The van der Waals surface area contributed by atoms with Crippen molar-refractivity contribution in [2.45, 2.75) is 25.9 Å². The quantitative estimate of drug-likeness (QED) is 0.846. The summed E-state index contributed by atoms with van der Waals surface area (Å²) in [5, 5.41) is 4.15. The predicted molar refractivity (Wildman–Crippen MR) is 80.8 cm³/mol. The number of amides is 1. The molecule has 1 amide bonds. The van der Waals surface area contributed by atoms with Crippen molar-refractivity contribution in [3.8, 4) is 5.82 Å². The molecule has 24 heavy (non-hydrogen) atoms. The maximum atomic E-state index is 12.9. The number of pyridine rings is 1. The standard InChI is InChI=1S/C16H17F3N4O/c1-11-13(9-21-23(11)14-6-2-3-7-20-14)15(24)22-8-4-5-12(10-22)16(17,18)19/h2-3,6-7,9,12H,4-5,8,10H2,1H3. The van der Waals surface area contributed by atoms with Gasteiger partial charge in [-0.15, -0.1) is 0 Å². The fourth-order valence-corrected chi connectivity index (χ4v) is 2.93. The molecule has 5 nitrogen and oxygen atoms in total. The van der Waals surface area contributed by atoms with Crippen LogP contribution in [0.5, 0.6) is 0 Å². The van der Waals surface area contributed by atoms with Crippen LogP contribution in [0.15, 0.2) is 30.6 Å². The molecule has 1 fully saturated rings. The van der Waals surface area contributed by atoms with E-state index in [1.807, 2.05) is 0 Å². The minimum absolute atomic E-state index is 0.0689. The van der Waals surface area contributed by atoms with E-state index >= 15 is 0 Å². The van der Waals surface area contributed by atoms with E-state index in [2.05, 4.69) is 10.1 Å². The molecule has 1 saturated heterocycles. The van der Waals surface area contributed by atoms with Crippen LogP contribution in [0.4, 0.5) is 13.2 Å². The molecule has 8 heteroatoms. The zero-order valence-electron chi connectivity index (χ0n) is 13.1. The Balaban J connectivity index is 1.82. The number of alkyl halides is 3. The van der Waals surface area contributed by atoms with Gasteiger partial charge in [-0.2, -0.15) is 18.3 Å². The number of hydrogen-bond acceptors (Lipinski definition) is 3. The van der Waals surface area contributed by atoms with Crippen LogP contribution in [0.1, 0.15) is 28.9 Å². The van der Waals surface area contributed by atoms with Gasteiger partial charge < -0.3 is 4.90 Å². The summed E-state index contributed by atoms with van der Waals surface area (Å²) in [6.07, 6.45) is -0.852. The minimum Gasteiger partial charge on any atom is -0.338 e. The molecule has 0 aliphatic carbocycles. The summed E-state index contributed by atoms with van der Waals surface area (Å²) in [5.74, 6) is -1.31. The molecule has 2 aromatic rings. The van der Waals surface area contributed by atoms with E-state index in [0.717, 1.165) is 0 Å². The Labute approximate surface area is 137 Å². The van der Waals surface area contributed by atoms with Crippen molar-refractivity contribution in [2.24, 2.45) is 5.92 Å². The Morgan fingerprint density at radius 1 is 1.33 bits per heavy atom. The number of nitrogens with zero attached hydrogens (tertiary/aromatic N) is 4. The van der Waals surface area contributed by atoms with Crippen LogP contribution in [0.3, 0.4) is 0 Å². The molecule has 0 bridgehead atoms. The van der Waals surface area contributed by atoms with Gasteiger partial charge in [-0.05, 0) is 31.9 Å². The van der Waals surface area contributed by atoms with E-state index in [-0.39, 0.29) is 13.0 Å². The summed E-state index contributed by atoms with van der Waals surface area (Å²) >= 11 is 0. The molecule has 1 unspecified atom stereocenters. The number of halogens is 3. The molecule has 0 saturated carbocycles. The highest BCUT2D eigenvalue weighted by molar-refractivity contribution is 5.95. The Kier molecular flexibility index (Phi) is 4.29. The summed E-state index contributed by atoms with van der Waals surface area (Å²) < 4.78 is 40.3. The lowest BCUT2D eigenvalue weighted by Crippen LogP contribution is -2.44. The zero-order chi connectivity index (χ0) is 17.3. The van der Waals surface area contributed by atoms with Gasteiger partial charge >= 0.3 is 6.18 Å². The van der Waals surface area contributed by atoms with Crippen LogP contribution in [-0.2, 0) is 0 Å². The average molecular weight is 338 g/mol. The highest BCUT2D eigenvalue weighted by atomic mass is 19.4. The van der Waals surface area contributed by atoms with Crippen molar-refractivity contribution in [1.29, 1.82) is 0 Å². The fraction of sp³-hybridized carbons (Fsp3) is 0.438. The molecular formula is C16H17F3N4O. The highest BCUT2D eigenvalue weighted by Gasteiger charge is 2.43. The monoisotopic (exact) mass is 338 g/mol. The van der Waals surface area contributed by atoms with Crippen LogP contribution >= 0.6 is 0 Å². The fourth-order valence-electron chi connectivity index (χ4n) is 2.93. The first-order chi connectivity index (χ1) is 11.4. The molecule has 0 aromatic carbocycles. The summed E-state index contributed by atoms with van der Waals surface area (Å²) in [5.41, 5.74) is 0.872. The first kappa shape index (κ1) is 16.5. The van der Waals surface area contributed by atoms with E-state index in [1.54, 1.807) is 31.3 Å². The lowest BCUT2D eigenvalue weighted by Gasteiger charge is -2.33. The van der Waals surface area contributed by atoms with E-state index in [4.69, 9.17) is 0 Å². The first-order valence-corrected chi connectivity index (χ1v) is 7.70. The lowest BCUT2D eigenvalue weighted by molar-refractivity contribution is -0.184. The average Bonchev–Trinajstić information content (AvgIpc) is 2.96. The van der Waals surface area contributed by atoms with Crippen LogP contribution in [0.2, 0.25) is 0 Å². The summed E-state index contributed by atoms with van der Waals surface area (Å²) in [6, 6.07) is 5.30. The number of rotatable bonds is 2. The number of carbonyl (C=O) groups is 1. The summed E-state index contributed by atoms with van der Waals surface area (Å²) in [7, 11) is 0. The molecule has 128 valence electrons. The van der Waals surface area contributed by atoms with Crippen molar-refractivity contribution in [1.82, 2.24) is 19.7 Å². The maximum Gasteiger partial charge on any atom is 0.393 e. The number of hydrogen-bond donors (Lipinski definition) is 0. The third-order valence-corrected chi connectivity index (χ3v) is 4.28. The molecule has 2 aromatic heterocycles. The second-order valence-electron chi connectivity index (χ2n) is 5.88. The van der Waals surface area contributed by atoms with Crippen LogP contribution in [-0.4, -0.2) is 44.8 Å². The lowest BCUT2D eigenvalue weighted by atomic mass is 9.97. The molecule has 0 radical (unpaired) electrons. The third-order valence-electron chi connectivity index (χ3n) is 4.28. The van der Waals surface area contributed by atoms with E-state index in [0.29, 0.717) is 30.0 Å². The molecule has 3 rings (SSSR count). The second-order valence-corrected chi connectivity index (χ2v) is 5.88. The van der Waals surface area contributed by atoms with Crippen LogP contribution in [0.25, 0.3) is 5.82 Å². The topological polar surface area (TPSA) is 51.0 Å². The summed E-state index contributed by atoms with van der Waals surface area (Å²) in [6.45, 7) is 1.75. The molecular weight excluding hydrogens is 321 g/mol. The Morgan fingerprint density at radius 2 is 2.12 bits per heavy atom. The smallest absolute Gasteiger partial charge is 0.338 e. The zero-order valence-corrected chi connectivity index (χ0v) is 13.1. The van der Waals surface area contributed by atoms with Crippen LogP contribution < -0.4 is 0 Å². The number of aromatic nitrogens is 3. The van der Waals surface area contributed by atoms with Gasteiger partial charge in [0.25, 0.3) is 5.91 Å². The molecule has 0 N–H and O–H groups in total. The molecule has 0 spiro atoms. The van der Waals surface area contributed by atoms with Gasteiger partial charge in [0.1, 0.15) is 0 Å². The van der Waals surface area contributed by atoms with Crippen molar-refractivity contribution in [2.75, 3.05) is 13.1 Å². The molecule has 1 aliphatic heterocycles. The van der Waals surface area contributed by atoms with Crippen molar-refractivity contribution in [3.63, 3.8) is 0 Å². The van der Waals surface area contributed by atoms with Crippen LogP contribution in [0, 0.1) is 12.8 Å². The van der Waals surface area contributed by atoms with Gasteiger partial charge in [0.15, 0.2) is 5.82 Å². The van der Waals surface area contributed by atoms with Gasteiger partial charge in [0.2, 0.25) is 0 Å². The number of likely N-dealkylation sites (tertiary alicyclic amines) is 1. The molecule has 3 heterocycles. The van der Waals surface area contributed by atoms with Gasteiger partial charge in [-0.25, -0.2) is 9.67 Å². The van der Waals surface area contributed by atoms with Gasteiger partial charge in [0, 0.05) is 19.3 Å². The Hall–Kier alpha value is -2.38. The summed E-state index contributed by atoms with van der Waals surface area (Å²) in [4.78, 5) is 18.1.